The predicted octanol–water partition coefficient (Wildman–Crippen LogP) is 2.44. The number of hydrogen-bond donors (Lipinski definition) is 2. The van der Waals surface area contributed by atoms with Gasteiger partial charge < -0.3 is 19.9 Å². The lowest BCUT2D eigenvalue weighted by molar-refractivity contribution is 0.0601. The van der Waals surface area contributed by atoms with Gasteiger partial charge in [0.25, 0.3) is 0 Å². The number of ether oxygens (including phenoxy) is 1. The molecular weight excluding hydrogens is 312 g/mol. The third kappa shape index (κ3) is 3.64. The summed E-state index contributed by atoms with van der Waals surface area (Å²) in [5.41, 5.74) is 1.05. The molecule has 3 rings (SSSR count). The zero-order valence-electron chi connectivity index (χ0n) is 13.0. The van der Waals surface area contributed by atoms with Gasteiger partial charge in [-0.25, -0.2) is 4.79 Å². The Morgan fingerprint density at radius 3 is 2.83 bits per heavy atom. The highest BCUT2D eigenvalue weighted by Crippen LogP contribution is 2.17. The van der Waals surface area contributed by atoms with Gasteiger partial charge in [-0.3, -0.25) is 0 Å². The number of carbonyl (C=O) groups is 1. The quantitative estimate of drug-likeness (QED) is 0.682. The summed E-state index contributed by atoms with van der Waals surface area (Å²) in [4.78, 5) is 15.8. The van der Waals surface area contributed by atoms with Crippen molar-refractivity contribution in [1.29, 1.82) is 0 Å². The summed E-state index contributed by atoms with van der Waals surface area (Å²) >= 11 is 0. The van der Waals surface area contributed by atoms with Gasteiger partial charge in [0.1, 0.15) is 5.76 Å². The average molecular weight is 326 g/mol. The smallest absolute Gasteiger partial charge is 0.337 e. The van der Waals surface area contributed by atoms with Crippen LogP contribution in [0.5, 0.6) is 0 Å². The van der Waals surface area contributed by atoms with E-state index in [0.717, 1.165) is 0 Å². The van der Waals surface area contributed by atoms with Crippen LogP contribution < -0.4 is 10.6 Å². The summed E-state index contributed by atoms with van der Waals surface area (Å²) in [7, 11) is 1.33. The van der Waals surface area contributed by atoms with Gasteiger partial charge in [0.2, 0.25) is 5.95 Å². The zero-order valence-corrected chi connectivity index (χ0v) is 13.0. The summed E-state index contributed by atoms with van der Waals surface area (Å²) < 4.78 is 9.67. The first-order valence-electron chi connectivity index (χ1n) is 6.99. The van der Waals surface area contributed by atoms with Crippen LogP contribution in [0.1, 0.15) is 16.1 Å². The Kier molecular flexibility index (Phi) is 4.32. The van der Waals surface area contributed by atoms with Crippen LogP contribution in [-0.2, 0) is 4.74 Å². The van der Waals surface area contributed by atoms with Crippen molar-refractivity contribution in [1.82, 2.24) is 20.3 Å². The Bertz CT molecular complexity index is 864. The van der Waals surface area contributed by atoms with Crippen LogP contribution in [0.4, 0.5) is 23.3 Å². The van der Waals surface area contributed by atoms with Crippen LogP contribution in [0, 0.1) is 6.92 Å². The molecule has 0 amide bonds. The minimum Gasteiger partial charge on any atom is -0.465 e. The number of aryl methyl sites for hydroxylation is 1. The first kappa shape index (κ1) is 15.4. The van der Waals surface area contributed by atoms with Crippen molar-refractivity contribution < 1.29 is 14.1 Å². The van der Waals surface area contributed by atoms with Crippen LogP contribution in [0.2, 0.25) is 0 Å². The first-order chi connectivity index (χ1) is 11.6. The third-order valence-electron chi connectivity index (χ3n) is 2.98. The van der Waals surface area contributed by atoms with E-state index in [9.17, 15) is 4.79 Å². The molecule has 0 unspecified atom stereocenters. The number of anilines is 4. The molecule has 0 bridgehead atoms. The van der Waals surface area contributed by atoms with E-state index in [4.69, 9.17) is 9.26 Å². The molecule has 0 aliphatic heterocycles. The molecule has 2 N–H and O–H groups in total. The number of hydrogen-bond acceptors (Lipinski definition) is 9. The molecule has 2 aromatic heterocycles. The molecule has 0 atom stereocenters. The van der Waals surface area contributed by atoms with Gasteiger partial charge >= 0.3 is 5.97 Å². The van der Waals surface area contributed by atoms with E-state index in [2.05, 4.69) is 31.0 Å². The Morgan fingerprint density at radius 2 is 2.08 bits per heavy atom. The van der Waals surface area contributed by atoms with Crippen LogP contribution >= 0.6 is 0 Å². The van der Waals surface area contributed by atoms with Crippen molar-refractivity contribution in [2.45, 2.75) is 6.92 Å². The summed E-state index contributed by atoms with van der Waals surface area (Å²) in [6.07, 6.45) is 1.46. The molecule has 0 saturated heterocycles. The lowest BCUT2D eigenvalue weighted by Gasteiger charge is -2.07. The minimum absolute atomic E-state index is 0.266. The van der Waals surface area contributed by atoms with Gasteiger partial charge in [0.15, 0.2) is 11.6 Å². The van der Waals surface area contributed by atoms with Gasteiger partial charge in [-0.15, -0.1) is 5.10 Å². The van der Waals surface area contributed by atoms with Gasteiger partial charge in [0.05, 0.1) is 18.9 Å². The summed E-state index contributed by atoms with van der Waals surface area (Å²) in [6.45, 7) is 1.79. The van der Waals surface area contributed by atoms with Gasteiger partial charge in [0, 0.05) is 11.8 Å². The molecule has 9 heteroatoms. The standard InChI is InChI=1S/C15H14N6O3/c1-9-6-12(21-24-9)18-13-8-16-20-15(19-13)17-11-5-3-4-10(7-11)14(22)23-2/h3-8H,1-2H3,(H2,17,18,19,20,21). The fraction of sp³-hybridized carbons (Fsp3) is 0.133. The van der Waals surface area contributed by atoms with E-state index in [0.29, 0.717) is 28.6 Å². The van der Waals surface area contributed by atoms with Crippen LogP contribution in [0.25, 0.3) is 0 Å². The molecule has 24 heavy (non-hydrogen) atoms. The van der Waals surface area contributed by atoms with Crippen molar-refractivity contribution >= 4 is 29.2 Å². The molecule has 0 aliphatic carbocycles. The lowest BCUT2D eigenvalue weighted by Crippen LogP contribution is -2.04. The van der Waals surface area contributed by atoms with Gasteiger partial charge in [-0.2, -0.15) is 10.1 Å². The average Bonchev–Trinajstić information content (AvgIpc) is 2.99. The molecule has 122 valence electrons. The summed E-state index contributed by atoms with van der Waals surface area (Å²) in [5.74, 6) is 1.49. The number of esters is 1. The van der Waals surface area contributed by atoms with Gasteiger partial charge in [-0.1, -0.05) is 11.2 Å². The van der Waals surface area contributed by atoms with E-state index in [1.54, 1.807) is 37.3 Å². The van der Waals surface area contributed by atoms with Crippen molar-refractivity contribution in [3.05, 3.63) is 47.9 Å². The number of aromatic nitrogens is 4. The van der Waals surface area contributed by atoms with Crippen LogP contribution in [0.3, 0.4) is 0 Å². The number of carbonyl (C=O) groups excluding carboxylic acids is 1. The Morgan fingerprint density at radius 1 is 1.21 bits per heavy atom. The third-order valence-corrected chi connectivity index (χ3v) is 2.98. The van der Waals surface area contributed by atoms with Gasteiger partial charge in [-0.05, 0) is 25.1 Å². The summed E-state index contributed by atoms with van der Waals surface area (Å²) in [5, 5.41) is 17.5. The maximum Gasteiger partial charge on any atom is 0.337 e. The van der Waals surface area contributed by atoms with E-state index in [1.807, 2.05) is 0 Å². The second kappa shape index (κ2) is 6.73. The molecule has 0 saturated carbocycles. The maximum absolute atomic E-state index is 11.6. The lowest BCUT2D eigenvalue weighted by atomic mass is 10.2. The zero-order chi connectivity index (χ0) is 16.9. The molecule has 2 heterocycles. The van der Waals surface area contributed by atoms with Crippen molar-refractivity contribution in [3.8, 4) is 0 Å². The second-order valence-electron chi connectivity index (χ2n) is 4.81. The fourth-order valence-electron chi connectivity index (χ4n) is 1.94. The van der Waals surface area contributed by atoms with E-state index in [1.165, 1.54) is 13.3 Å². The number of methoxy groups -OCH3 is 1. The van der Waals surface area contributed by atoms with Crippen molar-refractivity contribution in [2.75, 3.05) is 17.7 Å². The Balaban J connectivity index is 1.76. The topological polar surface area (TPSA) is 115 Å². The monoisotopic (exact) mass is 326 g/mol. The predicted molar refractivity (Wildman–Crippen MR) is 85.4 cm³/mol. The highest BCUT2D eigenvalue weighted by molar-refractivity contribution is 5.90. The molecule has 9 nitrogen and oxygen atoms in total. The largest absolute Gasteiger partial charge is 0.465 e. The SMILES string of the molecule is COC(=O)c1cccc(Nc2nncc(Nc3cc(C)on3)n2)c1. The highest BCUT2D eigenvalue weighted by Gasteiger charge is 2.08. The van der Waals surface area contributed by atoms with Crippen LogP contribution in [0.15, 0.2) is 41.1 Å². The molecule has 0 spiro atoms. The summed E-state index contributed by atoms with van der Waals surface area (Å²) in [6, 6.07) is 8.52. The molecular formula is C15H14N6O3. The van der Waals surface area contributed by atoms with E-state index >= 15 is 0 Å². The second-order valence-corrected chi connectivity index (χ2v) is 4.81. The number of nitrogens with one attached hydrogen (secondary N) is 2. The van der Waals surface area contributed by atoms with Crippen LogP contribution in [-0.4, -0.2) is 33.4 Å². The van der Waals surface area contributed by atoms with E-state index in [-0.39, 0.29) is 5.95 Å². The highest BCUT2D eigenvalue weighted by atomic mass is 16.5. The molecule has 0 fully saturated rings. The first-order valence-corrected chi connectivity index (χ1v) is 6.99. The maximum atomic E-state index is 11.6. The number of nitrogens with zero attached hydrogens (tertiary/aromatic N) is 4. The molecule has 1 aromatic carbocycles. The molecule has 3 aromatic rings. The normalized spacial score (nSPS) is 10.2. The van der Waals surface area contributed by atoms with E-state index < -0.39 is 5.97 Å². The Hall–Kier alpha value is -3.49. The molecule has 0 aliphatic rings. The number of benzene rings is 1. The number of rotatable bonds is 5. The minimum atomic E-state index is -0.422. The fourth-order valence-corrected chi connectivity index (χ4v) is 1.94. The van der Waals surface area contributed by atoms with Crippen molar-refractivity contribution in [3.63, 3.8) is 0 Å². The van der Waals surface area contributed by atoms with Crippen molar-refractivity contribution in [2.24, 2.45) is 0 Å². The molecule has 0 radical (unpaired) electrons. The Labute approximate surface area is 137 Å².